The van der Waals surface area contributed by atoms with Gasteiger partial charge in [0.25, 0.3) is 0 Å². The van der Waals surface area contributed by atoms with Crippen LogP contribution in [-0.4, -0.2) is 16.1 Å². The van der Waals surface area contributed by atoms with Gasteiger partial charge in [-0.1, -0.05) is 82.1 Å². The summed E-state index contributed by atoms with van der Waals surface area (Å²) >= 11 is 0. The Morgan fingerprint density at radius 3 is 1.84 bits per heavy atom. The second-order valence-corrected chi connectivity index (χ2v) is 16.7. The molecular formula is C17H28Si2. The fourth-order valence-electron chi connectivity index (χ4n) is 2.52. The molecule has 0 aliphatic rings. The molecule has 0 saturated carbocycles. The van der Waals surface area contributed by atoms with E-state index < -0.39 is 16.1 Å². The van der Waals surface area contributed by atoms with Gasteiger partial charge in [0, 0.05) is 5.54 Å². The molecule has 0 radical (unpaired) electrons. The third-order valence-electron chi connectivity index (χ3n) is 3.56. The van der Waals surface area contributed by atoms with Crippen molar-refractivity contribution in [1.82, 2.24) is 0 Å². The number of hydrogen-bond donors (Lipinski definition) is 0. The van der Waals surface area contributed by atoms with Crippen LogP contribution in [0.25, 0.3) is 0 Å². The van der Waals surface area contributed by atoms with Gasteiger partial charge < -0.3 is 0 Å². The first-order chi connectivity index (χ1) is 8.64. The van der Waals surface area contributed by atoms with Crippen LogP contribution >= 0.6 is 0 Å². The normalized spacial score (nSPS) is 13.9. The fraction of sp³-hybridized carbons (Fsp3) is 0.529. The molecule has 0 aliphatic carbocycles. The highest BCUT2D eigenvalue weighted by Crippen LogP contribution is 2.29. The second-order valence-electron chi connectivity index (χ2n) is 7.33. The highest BCUT2D eigenvalue weighted by atomic mass is 28.3. The third-order valence-corrected chi connectivity index (χ3v) is 8.65. The summed E-state index contributed by atoms with van der Waals surface area (Å²) in [7, 11) is -2.81. The minimum atomic E-state index is -1.52. The van der Waals surface area contributed by atoms with E-state index in [0.717, 1.165) is 0 Å². The number of hydrogen-bond acceptors (Lipinski definition) is 0. The first kappa shape index (κ1) is 16.3. The quantitative estimate of drug-likeness (QED) is 0.567. The van der Waals surface area contributed by atoms with E-state index in [9.17, 15) is 0 Å². The molecule has 1 aromatic rings. The van der Waals surface area contributed by atoms with Crippen molar-refractivity contribution < 1.29 is 0 Å². The molecule has 0 nitrogen and oxygen atoms in total. The van der Waals surface area contributed by atoms with Gasteiger partial charge in [-0.2, -0.15) is 0 Å². The largest absolute Gasteiger partial charge is 0.132 e. The predicted molar refractivity (Wildman–Crippen MR) is 93.3 cm³/mol. The Hall–Kier alpha value is -0.786. The zero-order valence-electron chi connectivity index (χ0n) is 13.5. The summed E-state index contributed by atoms with van der Waals surface area (Å²) in [6.07, 6.45) is 0. The molecular weight excluding hydrogens is 260 g/mol. The first-order valence-corrected chi connectivity index (χ1v) is 13.8. The van der Waals surface area contributed by atoms with Crippen molar-refractivity contribution in [2.24, 2.45) is 5.92 Å². The van der Waals surface area contributed by atoms with Gasteiger partial charge in [0.1, 0.15) is 8.07 Å². The minimum absolute atomic E-state index is 0.543. The molecule has 19 heavy (non-hydrogen) atoms. The monoisotopic (exact) mass is 288 g/mol. The Bertz CT molecular complexity index is 456. The maximum absolute atomic E-state index is 3.67. The van der Waals surface area contributed by atoms with E-state index in [1.165, 1.54) is 5.19 Å². The lowest BCUT2D eigenvalue weighted by molar-refractivity contribution is 0.659. The summed E-state index contributed by atoms with van der Waals surface area (Å²) in [5.41, 5.74) is 4.15. The van der Waals surface area contributed by atoms with Crippen LogP contribution in [0, 0.1) is 17.4 Å². The summed E-state index contributed by atoms with van der Waals surface area (Å²) in [4.78, 5) is 0. The lowest BCUT2D eigenvalue weighted by atomic mass is 10.1. The lowest BCUT2D eigenvalue weighted by Crippen LogP contribution is -2.47. The Labute approximate surface area is 121 Å². The topological polar surface area (TPSA) is 0 Å². The average molecular weight is 289 g/mol. The van der Waals surface area contributed by atoms with Crippen LogP contribution in [0.2, 0.25) is 38.3 Å². The summed E-state index contributed by atoms with van der Waals surface area (Å²) in [6, 6.07) is 11.0. The minimum Gasteiger partial charge on any atom is -0.132 e. The fourth-order valence-corrected chi connectivity index (χ4v) is 6.77. The molecule has 0 N–H and O–H groups in total. The number of benzene rings is 1. The molecule has 1 rings (SSSR count). The van der Waals surface area contributed by atoms with Crippen LogP contribution in [0.5, 0.6) is 0 Å². The molecule has 0 fully saturated rings. The summed E-state index contributed by atoms with van der Waals surface area (Å²) in [5.74, 6) is 4.30. The van der Waals surface area contributed by atoms with E-state index in [1.807, 2.05) is 0 Å². The second kappa shape index (κ2) is 6.11. The summed E-state index contributed by atoms with van der Waals surface area (Å²) in [5, 5.41) is 1.53. The molecule has 0 aliphatic heterocycles. The standard InChI is InChI=1S/C17H28Si2/c1-15(2)17(13-14-18(3,4)5)19(6,7)16-11-9-8-10-12-16/h8-12,15,17H,1-7H3. The van der Waals surface area contributed by atoms with Crippen molar-refractivity contribution in [2.75, 3.05) is 0 Å². The Morgan fingerprint density at radius 1 is 0.895 bits per heavy atom. The van der Waals surface area contributed by atoms with E-state index >= 15 is 0 Å². The van der Waals surface area contributed by atoms with E-state index in [-0.39, 0.29) is 0 Å². The Kier molecular flexibility index (Phi) is 5.23. The molecule has 0 aromatic heterocycles. The van der Waals surface area contributed by atoms with Gasteiger partial charge in [-0.25, -0.2) is 0 Å². The van der Waals surface area contributed by atoms with Gasteiger partial charge in [0.2, 0.25) is 0 Å². The van der Waals surface area contributed by atoms with Crippen LogP contribution in [0.15, 0.2) is 30.3 Å². The molecule has 2 heteroatoms. The highest BCUT2D eigenvalue weighted by molar-refractivity contribution is 6.92. The first-order valence-electron chi connectivity index (χ1n) is 7.23. The molecule has 1 atom stereocenters. The smallest absolute Gasteiger partial charge is 0.129 e. The number of rotatable bonds is 3. The third kappa shape index (κ3) is 4.67. The average Bonchev–Trinajstić information content (AvgIpc) is 2.28. The maximum atomic E-state index is 3.67. The van der Waals surface area contributed by atoms with Crippen LogP contribution in [0.4, 0.5) is 0 Å². The molecule has 0 spiro atoms. The van der Waals surface area contributed by atoms with Gasteiger partial charge in [-0.3, -0.25) is 0 Å². The van der Waals surface area contributed by atoms with Crippen molar-refractivity contribution in [3.63, 3.8) is 0 Å². The van der Waals surface area contributed by atoms with Crippen LogP contribution in [0.1, 0.15) is 13.8 Å². The Morgan fingerprint density at radius 2 is 1.42 bits per heavy atom. The van der Waals surface area contributed by atoms with E-state index in [2.05, 4.69) is 88.4 Å². The molecule has 0 heterocycles. The Balaban J connectivity index is 3.15. The van der Waals surface area contributed by atoms with Gasteiger partial charge in [-0.05, 0) is 5.92 Å². The zero-order valence-corrected chi connectivity index (χ0v) is 15.5. The highest BCUT2D eigenvalue weighted by Gasteiger charge is 2.34. The van der Waals surface area contributed by atoms with E-state index in [1.54, 1.807) is 0 Å². The summed E-state index contributed by atoms with van der Waals surface area (Å²) in [6.45, 7) is 16.6. The van der Waals surface area contributed by atoms with Crippen LogP contribution < -0.4 is 5.19 Å². The maximum Gasteiger partial charge on any atom is 0.129 e. The van der Waals surface area contributed by atoms with Crippen molar-refractivity contribution in [1.29, 1.82) is 0 Å². The molecule has 0 saturated heterocycles. The van der Waals surface area contributed by atoms with Gasteiger partial charge in [0.05, 0.1) is 8.07 Å². The summed E-state index contributed by atoms with van der Waals surface area (Å²) < 4.78 is 0. The predicted octanol–water partition coefficient (Wildman–Crippen LogP) is 4.51. The van der Waals surface area contributed by atoms with E-state index in [0.29, 0.717) is 11.5 Å². The van der Waals surface area contributed by atoms with Crippen molar-refractivity contribution in [2.45, 2.75) is 52.1 Å². The molecule has 104 valence electrons. The van der Waals surface area contributed by atoms with Crippen LogP contribution in [-0.2, 0) is 0 Å². The van der Waals surface area contributed by atoms with Crippen LogP contribution in [0.3, 0.4) is 0 Å². The van der Waals surface area contributed by atoms with Crippen molar-refractivity contribution in [3.8, 4) is 11.5 Å². The molecule has 0 amide bonds. The van der Waals surface area contributed by atoms with Crippen molar-refractivity contribution >= 4 is 21.3 Å². The SMILES string of the molecule is CC(C)C(C#C[Si](C)(C)C)[Si](C)(C)c1ccccc1. The zero-order chi connectivity index (χ0) is 14.7. The molecule has 0 bridgehead atoms. The van der Waals surface area contributed by atoms with Crippen molar-refractivity contribution in [3.05, 3.63) is 30.3 Å². The molecule has 1 unspecified atom stereocenters. The van der Waals surface area contributed by atoms with Gasteiger partial charge in [0.15, 0.2) is 0 Å². The lowest BCUT2D eigenvalue weighted by Gasteiger charge is -2.32. The van der Waals surface area contributed by atoms with E-state index in [4.69, 9.17) is 0 Å². The molecule has 1 aromatic carbocycles. The van der Waals surface area contributed by atoms with Gasteiger partial charge in [-0.15, -0.1) is 11.5 Å². The van der Waals surface area contributed by atoms with Gasteiger partial charge >= 0.3 is 0 Å².